The van der Waals surface area contributed by atoms with Crippen molar-refractivity contribution in [3.05, 3.63) is 22.9 Å². The van der Waals surface area contributed by atoms with Gasteiger partial charge < -0.3 is 10.5 Å². The zero-order chi connectivity index (χ0) is 12.3. The number of hydrogen-bond acceptors (Lipinski definition) is 4. The molecule has 1 aromatic heterocycles. The Morgan fingerprint density at radius 2 is 2.19 bits per heavy atom. The van der Waals surface area contributed by atoms with E-state index in [0.717, 1.165) is 0 Å². The number of alkyl halides is 3. The highest BCUT2D eigenvalue weighted by Gasteiger charge is 2.33. The molecule has 2 N–H and O–H groups in total. The van der Waals surface area contributed by atoms with Crippen LogP contribution in [0.2, 0.25) is 0 Å². The van der Waals surface area contributed by atoms with E-state index in [0.29, 0.717) is 11.8 Å². The molecular formula is C9H9F3N2O2. The molecule has 0 aliphatic heterocycles. The maximum atomic E-state index is 12.0. The first-order chi connectivity index (χ1) is 7.37. The van der Waals surface area contributed by atoms with Crippen LogP contribution in [0, 0.1) is 6.92 Å². The molecule has 0 fully saturated rings. The molecule has 0 radical (unpaired) electrons. The van der Waals surface area contributed by atoms with Crippen molar-refractivity contribution in [3.63, 3.8) is 0 Å². The number of nitrogens with zero attached hydrogens (tertiary/aromatic N) is 1. The SMILES string of the molecule is Cc1c(CN)cc(C=O)nc1OC(F)(F)F. The Kier molecular flexibility index (Phi) is 3.48. The summed E-state index contributed by atoms with van der Waals surface area (Å²) in [6.07, 6.45) is -4.51. The van der Waals surface area contributed by atoms with Crippen LogP contribution in [0.15, 0.2) is 6.07 Å². The third-order valence-corrected chi connectivity index (χ3v) is 1.91. The Bertz CT molecular complexity index is 404. The number of carbonyl (C=O) groups is 1. The maximum absolute atomic E-state index is 12.0. The number of ether oxygens (including phenoxy) is 1. The van der Waals surface area contributed by atoms with Gasteiger partial charge in [-0.1, -0.05) is 0 Å². The molecule has 0 bridgehead atoms. The molecular weight excluding hydrogens is 225 g/mol. The maximum Gasteiger partial charge on any atom is 0.574 e. The van der Waals surface area contributed by atoms with Crippen LogP contribution in [0.3, 0.4) is 0 Å². The number of pyridine rings is 1. The molecule has 7 heteroatoms. The van der Waals surface area contributed by atoms with Gasteiger partial charge in [-0.3, -0.25) is 4.79 Å². The normalized spacial score (nSPS) is 11.3. The van der Waals surface area contributed by atoms with Gasteiger partial charge in [0.15, 0.2) is 6.29 Å². The minimum atomic E-state index is -4.84. The largest absolute Gasteiger partial charge is 0.574 e. The number of rotatable bonds is 3. The van der Waals surface area contributed by atoms with Gasteiger partial charge in [-0.25, -0.2) is 4.98 Å². The molecule has 0 unspecified atom stereocenters. The topological polar surface area (TPSA) is 65.2 Å². The summed E-state index contributed by atoms with van der Waals surface area (Å²) < 4.78 is 39.7. The number of hydrogen-bond donors (Lipinski definition) is 1. The fourth-order valence-electron chi connectivity index (χ4n) is 1.14. The van der Waals surface area contributed by atoms with Crippen molar-refractivity contribution >= 4 is 6.29 Å². The van der Waals surface area contributed by atoms with E-state index in [4.69, 9.17) is 5.73 Å². The Morgan fingerprint density at radius 3 is 2.62 bits per heavy atom. The average Bonchev–Trinajstić information content (AvgIpc) is 2.19. The van der Waals surface area contributed by atoms with E-state index < -0.39 is 12.2 Å². The molecule has 0 saturated carbocycles. The van der Waals surface area contributed by atoms with Crippen molar-refractivity contribution in [2.75, 3.05) is 0 Å². The van der Waals surface area contributed by atoms with E-state index >= 15 is 0 Å². The second-order valence-corrected chi connectivity index (χ2v) is 3.01. The van der Waals surface area contributed by atoms with Gasteiger partial charge in [0.2, 0.25) is 5.88 Å². The fourth-order valence-corrected chi connectivity index (χ4v) is 1.14. The van der Waals surface area contributed by atoms with E-state index in [9.17, 15) is 18.0 Å². The first-order valence-electron chi connectivity index (χ1n) is 4.29. The van der Waals surface area contributed by atoms with Crippen LogP contribution < -0.4 is 10.5 Å². The number of nitrogens with two attached hydrogens (primary N) is 1. The molecule has 1 heterocycles. The Balaban J connectivity index is 3.21. The summed E-state index contributed by atoms with van der Waals surface area (Å²) in [6.45, 7) is 1.40. The summed E-state index contributed by atoms with van der Waals surface area (Å²) in [6, 6.07) is 1.32. The van der Waals surface area contributed by atoms with Gasteiger partial charge in [0.1, 0.15) is 5.69 Å². The van der Waals surface area contributed by atoms with Gasteiger partial charge in [0.25, 0.3) is 0 Å². The standard InChI is InChI=1S/C9H9F3N2O2/c1-5-6(3-13)2-7(4-15)14-8(5)16-9(10,11)12/h2,4H,3,13H2,1H3. The predicted molar refractivity (Wildman–Crippen MR) is 48.9 cm³/mol. The van der Waals surface area contributed by atoms with Gasteiger partial charge in [-0.2, -0.15) is 0 Å². The number of halogens is 3. The molecule has 1 rings (SSSR count). The first-order valence-corrected chi connectivity index (χ1v) is 4.29. The summed E-state index contributed by atoms with van der Waals surface area (Å²) >= 11 is 0. The number of aldehydes is 1. The molecule has 0 amide bonds. The lowest BCUT2D eigenvalue weighted by molar-refractivity contribution is -0.276. The highest BCUT2D eigenvalue weighted by Crippen LogP contribution is 2.26. The Labute approximate surface area is 89.2 Å². The van der Waals surface area contributed by atoms with E-state index in [1.807, 2.05) is 0 Å². The Morgan fingerprint density at radius 1 is 1.56 bits per heavy atom. The van der Waals surface area contributed by atoms with Gasteiger partial charge in [-0.15, -0.1) is 13.2 Å². The van der Waals surface area contributed by atoms with Gasteiger partial charge in [-0.05, 0) is 18.6 Å². The zero-order valence-electron chi connectivity index (χ0n) is 8.34. The van der Waals surface area contributed by atoms with Crippen LogP contribution in [0.25, 0.3) is 0 Å². The molecule has 0 aromatic carbocycles. The van der Waals surface area contributed by atoms with E-state index in [1.165, 1.54) is 13.0 Å². The third-order valence-electron chi connectivity index (χ3n) is 1.91. The average molecular weight is 234 g/mol. The lowest BCUT2D eigenvalue weighted by Crippen LogP contribution is -2.19. The quantitative estimate of drug-likeness (QED) is 0.806. The van der Waals surface area contributed by atoms with Crippen molar-refractivity contribution in [2.45, 2.75) is 19.8 Å². The minimum absolute atomic E-state index is 0.00338. The van der Waals surface area contributed by atoms with E-state index in [2.05, 4.69) is 9.72 Å². The van der Waals surface area contributed by atoms with Crippen LogP contribution >= 0.6 is 0 Å². The first kappa shape index (κ1) is 12.4. The van der Waals surface area contributed by atoms with Crippen molar-refractivity contribution in [2.24, 2.45) is 5.73 Å². The van der Waals surface area contributed by atoms with Crippen molar-refractivity contribution in [1.82, 2.24) is 4.98 Å². The van der Waals surface area contributed by atoms with Crippen molar-refractivity contribution in [1.29, 1.82) is 0 Å². The van der Waals surface area contributed by atoms with Crippen molar-refractivity contribution in [3.8, 4) is 5.88 Å². The highest BCUT2D eigenvalue weighted by atomic mass is 19.4. The molecule has 0 saturated heterocycles. The highest BCUT2D eigenvalue weighted by molar-refractivity contribution is 5.72. The minimum Gasteiger partial charge on any atom is -0.388 e. The summed E-state index contributed by atoms with van der Waals surface area (Å²) in [5.74, 6) is -0.641. The van der Waals surface area contributed by atoms with E-state index in [-0.39, 0.29) is 17.8 Å². The Hall–Kier alpha value is -1.63. The fraction of sp³-hybridized carbons (Fsp3) is 0.333. The molecule has 16 heavy (non-hydrogen) atoms. The molecule has 88 valence electrons. The van der Waals surface area contributed by atoms with Gasteiger partial charge in [0.05, 0.1) is 0 Å². The zero-order valence-corrected chi connectivity index (χ0v) is 8.34. The summed E-state index contributed by atoms with van der Waals surface area (Å²) in [7, 11) is 0. The van der Waals surface area contributed by atoms with Crippen LogP contribution in [0.4, 0.5) is 13.2 Å². The molecule has 1 aromatic rings. The van der Waals surface area contributed by atoms with Crippen molar-refractivity contribution < 1.29 is 22.7 Å². The van der Waals surface area contributed by atoms with Crippen LogP contribution in [-0.4, -0.2) is 17.6 Å². The second kappa shape index (κ2) is 4.48. The van der Waals surface area contributed by atoms with Crippen LogP contribution in [-0.2, 0) is 6.54 Å². The molecule has 0 aliphatic carbocycles. The lowest BCUT2D eigenvalue weighted by Gasteiger charge is -2.12. The predicted octanol–water partition coefficient (Wildman–Crippen LogP) is 1.56. The monoisotopic (exact) mass is 234 g/mol. The number of carbonyl (C=O) groups excluding carboxylic acids is 1. The van der Waals surface area contributed by atoms with Gasteiger partial charge in [0, 0.05) is 12.1 Å². The summed E-state index contributed by atoms with van der Waals surface area (Å²) in [5.41, 5.74) is 5.74. The smallest absolute Gasteiger partial charge is 0.388 e. The van der Waals surface area contributed by atoms with E-state index in [1.54, 1.807) is 0 Å². The molecule has 0 atom stereocenters. The van der Waals surface area contributed by atoms with Crippen LogP contribution in [0.1, 0.15) is 21.6 Å². The number of aromatic nitrogens is 1. The lowest BCUT2D eigenvalue weighted by atomic mass is 10.1. The molecule has 0 aliphatic rings. The van der Waals surface area contributed by atoms with Crippen LogP contribution in [0.5, 0.6) is 5.88 Å². The molecule has 4 nitrogen and oxygen atoms in total. The second-order valence-electron chi connectivity index (χ2n) is 3.01. The molecule has 0 spiro atoms. The summed E-state index contributed by atoms with van der Waals surface area (Å²) in [5, 5.41) is 0. The van der Waals surface area contributed by atoms with Gasteiger partial charge >= 0.3 is 6.36 Å². The summed E-state index contributed by atoms with van der Waals surface area (Å²) in [4.78, 5) is 13.9. The third kappa shape index (κ3) is 2.93.